The number of benzene rings is 2. The second kappa shape index (κ2) is 8.99. The molecule has 1 saturated heterocycles. The number of amides is 1. The van der Waals surface area contributed by atoms with Gasteiger partial charge in [0.05, 0.1) is 0 Å². The van der Waals surface area contributed by atoms with Gasteiger partial charge < -0.3 is 28.1 Å². The number of piperidine rings is 1. The number of fused-ring (bicyclic) bond motifs is 4. The summed E-state index contributed by atoms with van der Waals surface area (Å²) in [6.07, 6.45) is 4.59. The Morgan fingerprint density at radius 1 is 1.23 bits per heavy atom. The predicted molar refractivity (Wildman–Crippen MR) is 115 cm³/mol. The van der Waals surface area contributed by atoms with Gasteiger partial charge in [-0.15, -0.1) is 0 Å². The number of nitrogens with zero attached hydrogens (tertiary/aromatic N) is 1. The second-order valence-electron chi connectivity index (χ2n) is 8.81. The van der Waals surface area contributed by atoms with Gasteiger partial charge in [-0.2, -0.15) is 0 Å². The van der Waals surface area contributed by atoms with Crippen LogP contribution in [0.4, 0.5) is 0 Å². The molecule has 4 unspecified atom stereocenters. The summed E-state index contributed by atoms with van der Waals surface area (Å²) < 4.78 is 0. The number of phenolic OH excluding ortho intramolecular Hbond substituents is 1. The molecule has 4 atom stereocenters. The monoisotopic (exact) mass is 428 g/mol. The van der Waals surface area contributed by atoms with E-state index in [4.69, 9.17) is 0 Å². The summed E-state index contributed by atoms with van der Waals surface area (Å²) in [6, 6.07) is 16.0. The maximum atomic E-state index is 13.4. The first-order valence-electron chi connectivity index (χ1n) is 11.0. The van der Waals surface area contributed by atoms with Crippen LogP contribution in [0.3, 0.4) is 0 Å². The molecule has 1 aliphatic carbocycles. The van der Waals surface area contributed by atoms with Crippen molar-refractivity contribution in [1.82, 2.24) is 4.90 Å². The highest BCUT2D eigenvalue weighted by molar-refractivity contribution is 5.81. The SMILES string of the molecule is CCC1C2Cc3ccc(O)cc3C1(CC)CCN2C(=O)C([NH3+])Cc1ccccc1.[Cl-]. The molecule has 2 bridgehead atoms. The molecule has 0 saturated carbocycles. The van der Waals surface area contributed by atoms with Crippen molar-refractivity contribution in [3.8, 4) is 5.75 Å². The third-order valence-corrected chi connectivity index (χ3v) is 7.46. The summed E-state index contributed by atoms with van der Waals surface area (Å²) in [5, 5.41) is 10.1. The number of carbonyl (C=O) groups excluding carboxylic acids is 1. The lowest BCUT2D eigenvalue weighted by Gasteiger charge is -2.57. The zero-order chi connectivity index (χ0) is 20.6. The van der Waals surface area contributed by atoms with E-state index < -0.39 is 0 Å². The molecule has 0 aromatic heterocycles. The van der Waals surface area contributed by atoms with Crippen LogP contribution in [0.25, 0.3) is 0 Å². The van der Waals surface area contributed by atoms with Crippen molar-refractivity contribution in [3.05, 3.63) is 65.2 Å². The summed E-state index contributed by atoms with van der Waals surface area (Å²) in [6.45, 7) is 5.29. The van der Waals surface area contributed by atoms with E-state index in [-0.39, 0.29) is 35.8 Å². The number of likely N-dealkylation sites (tertiary alicyclic amines) is 1. The Labute approximate surface area is 185 Å². The average molecular weight is 429 g/mol. The Morgan fingerprint density at radius 3 is 2.63 bits per heavy atom. The van der Waals surface area contributed by atoms with Gasteiger partial charge in [-0.25, -0.2) is 0 Å². The fourth-order valence-electron chi connectivity index (χ4n) is 6.06. The highest BCUT2D eigenvalue weighted by Gasteiger charge is 2.53. The quantitative estimate of drug-likeness (QED) is 0.708. The lowest BCUT2D eigenvalue weighted by Crippen LogP contribution is -3.00. The minimum Gasteiger partial charge on any atom is -1.00 e. The third kappa shape index (κ3) is 3.72. The Hall–Kier alpha value is -2.04. The van der Waals surface area contributed by atoms with Gasteiger partial charge in [0.25, 0.3) is 5.91 Å². The standard InChI is InChI=1S/C25H32N2O2.ClH/c1-3-20-23-15-18-10-11-19(28)16-21(18)25(20,4-2)12-13-27(23)24(29)22(26)14-17-8-6-5-7-9-17;/h5-11,16,20,22-23,28H,3-4,12-15,26H2,1-2H3;1H. The van der Waals surface area contributed by atoms with Gasteiger partial charge in [-0.3, -0.25) is 4.79 Å². The molecule has 4 nitrogen and oxygen atoms in total. The smallest absolute Gasteiger partial charge is 0.281 e. The normalized spacial score (nSPS) is 25.8. The van der Waals surface area contributed by atoms with E-state index in [1.165, 1.54) is 11.1 Å². The van der Waals surface area contributed by atoms with E-state index in [2.05, 4.69) is 42.7 Å². The van der Waals surface area contributed by atoms with Gasteiger partial charge >= 0.3 is 0 Å². The minimum atomic E-state index is -0.259. The molecule has 5 heteroatoms. The largest absolute Gasteiger partial charge is 1.00 e. The van der Waals surface area contributed by atoms with Crippen LogP contribution in [0.1, 0.15) is 49.8 Å². The van der Waals surface area contributed by atoms with E-state index in [9.17, 15) is 9.90 Å². The molecule has 1 amide bonds. The molecule has 1 heterocycles. The lowest BCUT2D eigenvalue weighted by atomic mass is 9.55. The van der Waals surface area contributed by atoms with Crippen molar-refractivity contribution in [3.63, 3.8) is 0 Å². The Morgan fingerprint density at radius 2 is 1.97 bits per heavy atom. The lowest BCUT2D eigenvalue weighted by molar-refractivity contribution is -0.405. The van der Waals surface area contributed by atoms with Crippen LogP contribution < -0.4 is 18.1 Å². The van der Waals surface area contributed by atoms with Crippen molar-refractivity contribution in [2.45, 2.75) is 63.5 Å². The summed E-state index contributed by atoms with van der Waals surface area (Å²) in [7, 11) is 0. The molecule has 0 radical (unpaired) electrons. The Balaban J connectivity index is 0.00000256. The molecule has 2 aromatic carbocycles. The van der Waals surface area contributed by atoms with Crippen LogP contribution in [0.15, 0.2) is 48.5 Å². The average Bonchev–Trinajstić information content (AvgIpc) is 2.74. The first-order chi connectivity index (χ1) is 14.0. The maximum Gasteiger partial charge on any atom is 0.281 e. The molecule has 4 rings (SSSR count). The van der Waals surface area contributed by atoms with Gasteiger partial charge in [0.15, 0.2) is 6.04 Å². The molecule has 4 N–H and O–H groups in total. The maximum absolute atomic E-state index is 13.4. The molecular weight excluding hydrogens is 396 g/mol. The van der Waals surface area contributed by atoms with Gasteiger partial charge in [-0.05, 0) is 54.0 Å². The first kappa shape index (κ1) is 22.6. The molecule has 1 fully saturated rings. The second-order valence-corrected chi connectivity index (χ2v) is 8.81. The summed E-state index contributed by atoms with van der Waals surface area (Å²) in [5.74, 6) is 0.955. The van der Waals surface area contributed by atoms with Gasteiger partial charge in [0.2, 0.25) is 0 Å². The molecule has 2 aliphatic rings. The van der Waals surface area contributed by atoms with Crippen molar-refractivity contribution < 1.29 is 28.0 Å². The van der Waals surface area contributed by atoms with Crippen LogP contribution in [-0.2, 0) is 23.1 Å². The van der Waals surface area contributed by atoms with Crippen molar-refractivity contribution in [1.29, 1.82) is 0 Å². The number of hydrogen-bond acceptors (Lipinski definition) is 2. The van der Waals surface area contributed by atoms with Crippen LogP contribution in [0, 0.1) is 5.92 Å². The summed E-state index contributed by atoms with van der Waals surface area (Å²) >= 11 is 0. The van der Waals surface area contributed by atoms with Crippen molar-refractivity contribution in [2.75, 3.05) is 6.54 Å². The molecular formula is C25H33ClN2O2. The van der Waals surface area contributed by atoms with Crippen molar-refractivity contribution >= 4 is 5.91 Å². The van der Waals surface area contributed by atoms with Crippen LogP contribution in [0.2, 0.25) is 0 Å². The van der Waals surface area contributed by atoms with E-state index in [1.54, 1.807) is 6.07 Å². The van der Waals surface area contributed by atoms with E-state index in [1.807, 2.05) is 24.3 Å². The number of phenols is 1. The number of carbonyl (C=O) groups is 1. The van der Waals surface area contributed by atoms with Crippen LogP contribution >= 0.6 is 0 Å². The number of quaternary nitrogens is 1. The molecule has 1 aliphatic heterocycles. The Kier molecular flexibility index (Phi) is 6.78. The van der Waals surface area contributed by atoms with Gasteiger partial charge in [0, 0.05) is 24.4 Å². The van der Waals surface area contributed by atoms with Crippen LogP contribution in [0.5, 0.6) is 5.75 Å². The number of hydrogen-bond donors (Lipinski definition) is 2. The number of aromatic hydroxyl groups is 1. The number of halogens is 1. The molecule has 162 valence electrons. The third-order valence-electron chi connectivity index (χ3n) is 7.46. The van der Waals surface area contributed by atoms with E-state index >= 15 is 0 Å². The minimum absolute atomic E-state index is 0. The van der Waals surface area contributed by atoms with E-state index in [0.717, 1.165) is 37.8 Å². The summed E-state index contributed by atoms with van der Waals surface area (Å²) in [4.78, 5) is 15.6. The molecule has 2 aromatic rings. The molecule has 0 spiro atoms. The highest BCUT2D eigenvalue weighted by atomic mass is 35.5. The zero-order valence-electron chi connectivity index (χ0n) is 18.0. The molecule has 30 heavy (non-hydrogen) atoms. The summed E-state index contributed by atoms with van der Waals surface area (Å²) in [5.41, 5.74) is 8.06. The van der Waals surface area contributed by atoms with Crippen molar-refractivity contribution in [2.24, 2.45) is 5.92 Å². The number of rotatable bonds is 5. The predicted octanol–water partition coefficient (Wildman–Crippen LogP) is 0.0804. The topological polar surface area (TPSA) is 68.2 Å². The fraction of sp³-hybridized carbons (Fsp3) is 0.480. The highest BCUT2D eigenvalue weighted by Crippen LogP contribution is 2.52. The van der Waals surface area contributed by atoms with Gasteiger partial charge in [0.1, 0.15) is 5.75 Å². The van der Waals surface area contributed by atoms with E-state index in [0.29, 0.717) is 18.1 Å². The zero-order valence-corrected chi connectivity index (χ0v) is 18.7. The van der Waals surface area contributed by atoms with Gasteiger partial charge in [-0.1, -0.05) is 56.7 Å². The fourth-order valence-corrected chi connectivity index (χ4v) is 6.06. The Bertz CT molecular complexity index is 888. The van der Waals surface area contributed by atoms with Crippen LogP contribution in [-0.4, -0.2) is 34.5 Å². The first-order valence-corrected chi connectivity index (χ1v) is 11.0.